The van der Waals surface area contributed by atoms with Crippen LogP contribution in [0.15, 0.2) is 0 Å². The zero-order valence-corrected chi connectivity index (χ0v) is 10.2. The fourth-order valence-electron chi connectivity index (χ4n) is 0.825. The van der Waals surface area contributed by atoms with E-state index in [0.29, 0.717) is 0 Å². The van der Waals surface area contributed by atoms with Gasteiger partial charge in [-0.15, -0.1) is 0 Å². The van der Waals surface area contributed by atoms with Crippen molar-refractivity contribution >= 4 is 11.9 Å². The van der Waals surface area contributed by atoms with Gasteiger partial charge in [-0.2, -0.15) is 22.0 Å². The molecule has 0 aromatic heterocycles. The quantitative estimate of drug-likeness (QED) is 0.281. The van der Waals surface area contributed by atoms with Gasteiger partial charge in [0, 0.05) is 6.92 Å². The maximum Gasteiger partial charge on any atom is 0.491 e. The first kappa shape index (κ1) is 19.6. The van der Waals surface area contributed by atoms with Crippen molar-refractivity contribution in [3.63, 3.8) is 0 Å². The third kappa shape index (κ3) is 4.86. The number of hydrogen-bond acceptors (Lipinski definition) is 3. The van der Waals surface area contributed by atoms with E-state index in [-0.39, 0.29) is 0 Å². The van der Waals surface area contributed by atoms with Crippen LogP contribution in [0.3, 0.4) is 0 Å². The highest BCUT2D eigenvalue weighted by Crippen LogP contribution is 2.30. The standard InChI is InChI=1S/C8F8O2.C2H4O2/c9-1-2(10)4(12)6(5(13)3(1)11)18-7(17)8(14,15)16;1-2(3)4/h;1H3,(H,3,4). The Balaban J connectivity index is 0.000000980. The van der Waals surface area contributed by atoms with Crippen molar-refractivity contribution in [1.29, 1.82) is 0 Å². The minimum atomic E-state index is -5.65. The lowest BCUT2D eigenvalue weighted by atomic mass is 10.2. The molecule has 0 bridgehead atoms. The number of carbonyl (C=O) groups excluding carboxylic acids is 1. The first-order valence-electron chi connectivity index (χ1n) is 4.80. The summed E-state index contributed by atoms with van der Waals surface area (Å²) in [5.41, 5.74) is 0. The molecule has 1 rings (SSSR count). The predicted molar refractivity (Wildman–Crippen MR) is 51.2 cm³/mol. The molecule has 4 nitrogen and oxygen atoms in total. The fraction of sp³-hybridized carbons (Fsp3) is 0.200. The number of carbonyl (C=O) groups is 2. The topological polar surface area (TPSA) is 63.6 Å². The number of carboxylic acids is 1. The molecule has 0 amide bonds. The lowest BCUT2D eigenvalue weighted by molar-refractivity contribution is -0.190. The van der Waals surface area contributed by atoms with Crippen LogP contribution in [0.25, 0.3) is 0 Å². The highest BCUT2D eigenvalue weighted by molar-refractivity contribution is 5.78. The lowest BCUT2D eigenvalue weighted by Gasteiger charge is -2.09. The van der Waals surface area contributed by atoms with Crippen molar-refractivity contribution in [3.05, 3.63) is 29.1 Å². The third-order valence-corrected chi connectivity index (χ3v) is 1.60. The average molecular weight is 340 g/mol. The first-order chi connectivity index (χ1) is 9.80. The average Bonchev–Trinajstić information content (AvgIpc) is 2.37. The predicted octanol–water partition coefficient (Wildman–Crippen LogP) is 2.94. The number of aliphatic carboxylic acids is 1. The SMILES string of the molecule is CC(=O)O.O=C(Oc1c(F)c(F)c(F)c(F)c1F)C(F)(F)F. The molecule has 0 saturated carbocycles. The van der Waals surface area contributed by atoms with Gasteiger partial charge in [-0.25, -0.2) is 18.0 Å². The van der Waals surface area contributed by atoms with Crippen LogP contribution in [0.2, 0.25) is 0 Å². The summed E-state index contributed by atoms with van der Waals surface area (Å²) >= 11 is 0. The number of ether oxygens (including phenoxy) is 1. The van der Waals surface area contributed by atoms with E-state index in [2.05, 4.69) is 4.74 Å². The Labute approximate surface area is 115 Å². The number of halogens is 8. The van der Waals surface area contributed by atoms with Gasteiger partial charge in [0.15, 0.2) is 0 Å². The fourth-order valence-corrected chi connectivity index (χ4v) is 0.825. The third-order valence-electron chi connectivity index (χ3n) is 1.60. The van der Waals surface area contributed by atoms with Crippen molar-refractivity contribution in [2.45, 2.75) is 13.1 Å². The molecule has 0 heterocycles. The van der Waals surface area contributed by atoms with E-state index in [0.717, 1.165) is 6.92 Å². The summed E-state index contributed by atoms with van der Waals surface area (Å²) in [6.45, 7) is 1.08. The highest BCUT2D eigenvalue weighted by atomic mass is 19.4. The minimum Gasteiger partial charge on any atom is -0.481 e. The van der Waals surface area contributed by atoms with E-state index in [1.54, 1.807) is 0 Å². The minimum absolute atomic E-state index is 0.833. The molecule has 0 aliphatic carbocycles. The molecule has 0 aliphatic rings. The Morgan fingerprint density at radius 3 is 1.41 bits per heavy atom. The molecule has 0 aliphatic heterocycles. The van der Waals surface area contributed by atoms with Gasteiger partial charge in [-0.05, 0) is 0 Å². The summed E-state index contributed by atoms with van der Waals surface area (Å²) in [7, 11) is 0. The van der Waals surface area contributed by atoms with Crippen LogP contribution >= 0.6 is 0 Å². The van der Waals surface area contributed by atoms with Gasteiger partial charge in [0.1, 0.15) is 0 Å². The molecule has 0 unspecified atom stereocenters. The molecule has 1 aromatic rings. The van der Waals surface area contributed by atoms with E-state index in [9.17, 15) is 39.9 Å². The zero-order valence-electron chi connectivity index (χ0n) is 10.2. The Bertz CT molecular complexity index is 563. The van der Waals surface area contributed by atoms with Gasteiger partial charge in [0.25, 0.3) is 5.97 Å². The second kappa shape index (κ2) is 7.04. The first-order valence-corrected chi connectivity index (χ1v) is 4.80. The molecule has 0 fully saturated rings. The molecule has 124 valence electrons. The summed E-state index contributed by atoms with van der Waals surface area (Å²) in [5, 5.41) is 7.42. The molecule has 12 heteroatoms. The lowest BCUT2D eigenvalue weighted by Crippen LogP contribution is -2.29. The molecular weight excluding hydrogens is 336 g/mol. The van der Waals surface area contributed by atoms with Gasteiger partial charge in [-0.1, -0.05) is 0 Å². The van der Waals surface area contributed by atoms with Crippen LogP contribution in [-0.2, 0) is 9.59 Å². The van der Waals surface area contributed by atoms with Crippen LogP contribution in [0.5, 0.6) is 5.75 Å². The number of hydrogen-bond donors (Lipinski definition) is 1. The Kier molecular flexibility index (Phi) is 6.28. The van der Waals surface area contributed by atoms with Gasteiger partial charge < -0.3 is 9.84 Å². The van der Waals surface area contributed by atoms with E-state index in [4.69, 9.17) is 9.90 Å². The van der Waals surface area contributed by atoms with Crippen LogP contribution in [0, 0.1) is 29.1 Å². The van der Waals surface area contributed by atoms with Crippen molar-refractivity contribution in [3.8, 4) is 5.75 Å². The molecule has 22 heavy (non-hydrogen) atoms. The number of alkyl halides is 3. The summed E-state index contributed by atoms with van der Waals surface area (Å²) < 4.78 is 101. The van der Waals surface area contributed by atoms with E-state index < -0.39 is 53.0 Å². The maximum atomic E-state index is 12.8. The van der Waals surface area contributed by atoms with Gasteiger partial charge in [0.2, 0.25) is 34.8 Å². The molecule has 0 saturated heterocycles. The van der Waals surface area contributed by atoms with E-state index >= 15 is 0 Å². The summed E-state index contributed by atoms with van der Waals surface area (Å²) in [6, 6.07) is 0. The number of rotatable bonds is 1. The number of benzene rings is 1. The second-order valence-corrected chi connectivity index (χ2v) is 3.31. The Hall–Kier alpha value is -2.40. The largest absolute Gasteiger partial charge is 0.491 e. The Morgan fingerprint density at radius 1 is 0.864 bits per heavy atom. The van der Waals surface area contributed by atoms with Gasteiger partial charge >= 0.3 is 12.1 Å². The van der Waals surface area contributed by atoms with Crippen LogP contribution in [-0.4, -0.2) is 23.2 Å². The summed E-state index contributed by atoms with van der Waals surface area (Å²) in [4.78, 5) is 19.2. The summed E-state index contributed by atoms with van der Waals surface area (Å²) in [5.74, 6) is -19.3. The van der Waals surface area contributed by atoms with Crippen molar-refractivity contribution in [1.82, 2.24) is 0 Å². The normalized spacial score (nSPS) is 10.6. The molecule has 0 spiro atoms. The molecule has 1 aromatic carbocycles. The number of esters is 1. The smallest absolute Gasteiger partial charge is 0.481 e. The molecular formula is C10H4F8O4. The molecule has 0 radical (unpaired) electrons. The van der Waals surface area contributed by atoms with E-state index in [1.807, 2.05) is 0 Å². The maximum absolute atomic E-state index is 12.8. The van der Waals surface area contributed by atoms with Crippen molar-refractivity contribution in [2.24, 2.45) is 0 Å². The molecule has 0 atom stereocenters. The van der Waals surface area contributed by atoms with Crippen molar-refractivity contribution in [2.75, 3.05) is 0 Å². The van der Waals surface area contributed by atoms with Crippen LogP contribution in [0.1, 0.15) is 6.92 Å². The second-order valence-electron chi connectivity index (χ2n) is 3.31. The monoisotopic (exact) mass is 340 g/mol. The van der Waals surface area contributed by atoms with Gasteiger partial charge in [0.05, 0.1) is 0 Å². The van der Waals surface area contributed by atoms with E-state index in [1.165, 1.54) is 0 Å². The van der Waals surface area contributed by atoms with Crippen LogP contribution in [0.4, 0.5) is 35.1 Å². The van der Waals surface area contributed by atoms with Gasteiger partial charge in [-0.3, -0.25) is 4.79 Å². The Morgan fingerprint density at radius 2 is 1.14 bits per heavy atom. The van der Waals surface area contributed by atoms with Crippen LogP contribution < -0.4 is 4.74 Å². The number of carboxylic acid groups (broad SMARTS) is 1. The summed E-state index contributed by atoms with van der Waals surface area (Å²) in [6.07, 6.45) is -5.65. The highest BCUT2D eigenvalue weighted by Gasteiger charge is 2.43. The zero-order chi connectivity index (χ0) is 17.8. The molecule has 1 N–H and O–H groups in total. The van der Waals surface area contributed by atoms with Crippen molar-refractivity contribution < 1.29 is 54.6 Å².